The van der Waals surface area contributed by atoms with Gasteiger partial charge < -0.3 is 11.1 Å². The number of nitrogen functional groups attached to an aromatic ring is 1. The molecule has 1 aromatic carbocycles. The standard InChI is InChI=1S/C14H19N5O/c1-11(12-4-2-5-13(15)10-12)14(20)16-6-3-8-19-9-7-17-18-19/h2,4-5,7,9-11H,3,6,8,15H2,1H3,(H,16,20). The molecule has 1 unspecified atom stereocenters. The van der Waals surface area contributed by atoms with Gasteiger partial charge in [-0.2, -0.15) is 0 Å². The van der Waals surface area contributed by atoms with E-state index in [2.05, 4.69) is 15.6 Å². The largest absolute Gasteiger partial charge is 0.399 e. The molecular formula is C14H19N5O. The van der Waals surface area contributed by atoms with Gasteiger partial charge in [-0.1, -0.05) is 17.3 Å². The van der Waals surface area contributed by atoms with E-state index < -0.39 is 0 Å². The lowest BCUT2D eigenvalue weighted by Crippen LogP contribution is -2.29. The van der Waals surface area contributed by atoms with Crippen LogP contribution in [0.5, 0.6) is 0 Å². The van der Waals surface area contributed by atoms with Gasteiger partial charge in [-0.3, -0.25) is 9.48 Å². The molecule has 0 saturated carbocycles. The zero-order valence-electron chi connectivity index (χ0n) is 11.5. The molecule has 0 spiro atoms. The molecule has 106 valence electrons. The van der Waals surface area contributed by atoms with Crippen molar-refractivity contribution in [3.63, 3.8) is 0 Å². The van der Waals surface area contributed by atoms with Gasteiger partial charge >= 0.3 is 0 Å². The molecule has 2 aromatic rings. The van der Waals surface area contributed by atoms with Crippen molar-refractivity contribution in [3.8, 4) is 0 Å². The van der Waals surface area contributed by atoms with E-state index in [0.29, 0.717) is 12.2 Å². The molecule has 2 rings (SSSR count). The van der Waals surface area contributed by atoms with Crippen LogP contribution < -0.4 is 11.1 Å². The van der Waals surface area contributed by atoms with Gasteiger partial charge in [0.2, 0.25) is 5.91 Å². The van der Waals surface area contributed by atoms with E-state index in [-0.39, 0.29) is 11.8 Å². The number of carbonyl (C=O) groups is 1. The maximum atomic E-state index is 12.0. The number of benzene rings is 1. The number of nitrogens with zero attached hydrogens (tertiary/aromatic N) is 3. The minimum absolute atomic E-state index is 0.00851. The summed E-state index contributed by atoms with van der Waals surface area (Å²) in [6.07, 6.45) is 4.26. The van der Waals surface area contributed by atoms with E-state index in [1.807, 2.05) is 31.2 Å². The maximum absolute atomic E-state index is 12.0. The van der Waals surface area contributed by atoms with Gasteiger partial charge in [0.05, 0.1) is 12.1 Å². The number of carbonyl (C=O) groups excluding carboxylic acids is 1. The van der Waals surface area contributed by atoms with Crippen molar-refractivity contribution < 1.29 is 4.79 Å². The Morgan fingerprint density at radius 1 is 1.50 bits per heavy atom. The Morgan fingerprint density at radius 2 is 2.35 bits per heavy atom. The van der Waals surface area contributed by atoms with E-state index in [0.717, 1.165) is 18.5 Å². The highest BCUT2D eigenvalue weighted by Gasteiger charge is 2.14. The minimum atomic E-state index is -0.204. The summed E-state index contributed by atoms with van der Waals surface area (Å²) in [7, 11) is 0. The van der Waals surface area contributed by atoms with Crippen LogP contribution in [-0.4, -0.2) is 27.4 Å². The van der Waals surface area contributed by atoms with E-state index in [1.165, 1.54) is 0 Å². The zero-order valence-corrected chi connectivity index (χ0v) is 11.5. The minimum Gasteiger partial charge on any atom is -0.399 e. The van der Waals surface area contributed by atoms with E-state index >= 15 is 0 Å². The first-order valence-corrected chi connectivity index (χ1v) is 6.64. The molecule has 3 N–H and O–H groups in total. The molecule has 6 heteroatoms. The van der Waals surface area contributed by atoms with Crippen molar-refractivity contribution in [1.82, 2.24) is 20.3 Å². The second-order valence-electron chi connectivity index (χ2n) is 4.70. The second-order valence-corrected chi connectivity index (χ2v) is 4.70. The molecule has 1 amide bonds. The Balaban J connectivity index is 1.76. The van der Waals surface area contributed by atoms with E-state index in [4.69, 9.17) is 5.73 Å². The zero-order chi connectivity index (χ0) is 14.4. The third-order valence-electron chi connectivity index (χ3n) is 3.14. The van der Waals surface area contributed by atoms with Crippen molar-refractivity contribution >= 4 is 11.6 Å². The van der Waals surface area contributed by atoms with Gasteiger partial charge in [0.15, 0.2) is 0 Å². The molecule has 0 aliphatic rings. The summed E-state index contributed by atoms with van der Waals surface area (Å²) in [4.78, 5) is 12.0. The van der Waals surface area contributed by atoms with Crippen molar-refractivity contribution in [2.45, 2.75) is 25.8 Å². The number of anilines is 1. The molecule has 0 aliphatic heterocycles. The highest BCUT2D eigenvalue weighted by molar-refractivity contribution is 5.83. The van der Waals surface area contributed by atoms with E-state index in [9.17, 15) is 4.79 Å². The molecule has 1 aromatic heterocycles. The topological polar surface area (TPSA) is 85.8 Å². The van der Waals surface area contributed by atoms with Gasteiger partial charge in [-0.25, -0.2) is 0 Å². The predicted molar refractivity (Wildman–Crippen MR) is 76.9 cm³/mol. The molecule has 0 fully saturated rings. The van der Waals surface area contributed by atoms with Crippen LogP contribution in [0.4, 0.5) is 5.69 Å². The number of aryl methyl sites for hydroxylation is 1. The van der Waals surface area contributed by atoms with Crippen LogP contribution in [0.25, 0.3) is 0 Å². The third kappa shape index (κ3) is 3.81. The van der Waals surface area contributed by atoms with Gasteiger partial charge in [0.25, 0.3) is 0 Å². The number of amides is 1. The first kappa shape index (κ1) is 14.0. The van der Waals surface area contributed by atoms with Gasteiger partial charge in [-0.05, 0) is 31.0 Å². The molecule has 0 radical (unpaired) electrons. The molecule has 20 heavy (non-hydrogen) atoms. The Kier molecular flexibility index (Phi) is 4.70. The van der Waals surface area contributed by atoms with Crippen LogP contribution in [0.3, 0.4) is 0 Å². The Labute approximate surface area is 118 Å². The molecule has 0 saturated heterocycles. The summed E-state index contributed by atoms with van der Waals surface area (Å²) in [6.45, 7) is 3.24. The van der Waals surface area contributed by atoms with Crippen LogP contribution in [-0.2, 0) is 11.3 Å². The average molecular weight is 273 g/mol. The van der Waals surface area contributed by atoms with Gasteiger partial charge in [-0.15, -0.1) is 5.10 Å². The number of hydrogen-bond donors (Lipinski definition) is 2. The van der Waals surface area contributed by atoms with E-state index in [1.54, 1.807) is 17.1 Å². The summed E-state index contributed by atoms with van der Waals surface area (Å²) in [5.74, 6) is -0.195. The van der Waals surface area contributed by atoms with Crippen LogP contribution in [0.2, 0.25) is 0 Å². The molecule has 1 atom stereocenters. The van der Waals surface area contributed by atoms with Crippen LogP contribution in [0.1, 0.15) is 24.8 Å². The highest BCUT2D eigenvalue weighted by Crippen LogP contribution is 2.17. The summed E-state index contributed by atoms with van der Waals surface area (Å²) in [6, 6.07) is 7.42. The van der Waals surface area contributed by atoms with Gasteiger partial charge in [0.1, 0.15) is 0 Å². The number of aromatic nitrogens is 3. The SMILES string of the molecule is CC(C(=O)NCCCn1ccnn1)c1cccc(N)c1. The fourth-order valence-corrected chi connectivity index (χ4v) is 1.94. The summed E-state index contributed by atoms with van der Waals surface area (Å²) >= 11 is 0. The Hall–Kier alpha value is -2.37. The van der Waals surface area contributed by atoms with Crippen LogP contribution >= 0.6 is 0 Å². The van der Waals surface area contributed by atoms with Crippen LogP contribution in [0.15, 0.2) is 36.7 Å². The number of nitrogens with one attached hydrogen (secondary N) is 1. The molecule has 1 heterocycles. The molecule has 6 nitrogen and oxygen atoms in total. The lowest BCUT2D eigenvalue weighted by Gasteiger charge is -2.13. The monoisotopic (exact) mass is 273 g/mol. The summed E-state index contributed by atoms with van der Waals surface area (Å²) in [5.41, 5.74) is 7.33. The number of nitrogens with two attached hydrogens (primary N) is 1. The Bertz CT molecular complexity index is 552. The Morgan fingerprint density at radius 3 is 3.05 bits per heavy atom. The normalized spacial score (nSPS) is 12.1. The molecular weight excluding hydrogens is 254 g/mol. The lowest BCUT2D eigenvalue weighted by molar-refractivity contribution is -0.122. The lowest BCUT2D eigenvalue weighted by atomic mass is 10.00. The fraction of sp³-hybridized carbons (Fsp3) is 0.357. The summed E-state index contributed by atoms with van der Waals surface area (Å²) in [5, 5.41) is 10.5. The molecule has 0 bridgehead atoms. The van der Waals surface area contributed by atoms with Crippen molar-refractivity contribution in [1.29, 1.82) is 0 Å². The fourth-order valence-electron chi connectivity index (χ4n) is 1.94. The third-order valence-corrected chi connectivity index (χ3v) is 3.14. The second kappa shape index (κ2) is 6.70. The average Bonchev–Trinajstić information content (AvgIpc) is 2.95. The van der Waals surface area contributed by atoms with Gasteiger partial charge in [0, 0.05) is 25.0 Å². The van der Waals surface area contributed by atoms with Crippen molar-refractivity contribution in [2.75, 3.05) is 12.3 Å². The summed E-state index contributed by atoms with van der Waals surface area (Å²) < 4.78 is 1.74. The van der Waals surface area contributed by atoms with Crippen molar-refractivity contribution in [3.05, 3.63) is 42.2 Å². The quantitative estimate of drug-likeness (QED) is 0.611. The first-order chi connectivity index (χ1) is 9.66. The number of hydrogen-bond acceptors (Lipinski definition) is 4. The molecule has 0 aliphatic carbocycles. The first-order valence-electron chi connectivity index (χ1n) is 6.64. The van der Waals surface area contributed by atoms with Crippen LogP contribution in [0, 0.1) is 0 Å². The maximum Gasteiger partial charge on any atom is 0.227 e. The van der Waals surface area contributed by atoms with Crippen molar-refractivity contribution in [2.24, 2.45) is 0 Å². The highest BCUT2D eigenvalue weighted by atomic mass is 16.1. The predicted octanol–water partition coefficient (Wildman–Crippen LogP) is 1.17. The number of rotatable bonds is 6. The smallest absolute Gasteiger partial charge is 0.227 e.